The molecule has 4 heteroatoms. The number of fused-ring (bicyclic) bond motifs is 3. The molecule has 0 bridgehead atoms. The molecule has 0 spiro atoms. The van der Waals surface area contributed by atoms with Crippen LogP contribution >= 0.6 is 11.6 Å². The van der Waals surface area contributed by atoms with Gasteiger partial charge in [-0.2, -0.15) is 0 Å². The van der Waals surface area contributed by atoms with Gasteiger partial charge in [0.15, 0.2) is 0 Å². The van der Waals surface area contributed by atoms with Crippen molar-refractivity contribution in [1.82, 2.24) is 5.32 Å². The Kier molecular flexibility index (Phi) is 2.03. The summed E-state index contributed by atoms with van der Waals surface area (Å²) in [5.41, 5.74) is 1.94. The van der Waals surface area contributed by atoms with E-state index in [-0.39, 0.29) is 11.9 Å². The first-order chi connectivity index (χ1) is 7.67. The van der Waals surface area contributed by atoms with Gasteiger partial charge in [0.25, 0.3) is 0 Å². The van der Waals surface area contributed by atoms with Crippen LogP contribution in [0.4, 0.5) is 0 Å². The second kappa shape index (κ2) is 3.22. The van der Waals surface area contributed by atoms with Crippen LogP contribution in [-0.2, 0) is 16.1 Å². The van der Waals surface area contributed by atoms with Crippen LogP contribution in [0.3, 0.4) is 0 Å². The Labute approximate surface area is 98.7 Å². The summed E-state index contributed by atoms with van der Waals surface area (Å²) in [6.07, 6.45) is 0.813. The maximum atomic E-state index is 11.7. The Morgan fingerprint density at radius 2 is 2.44 bits per heavy atom. The van der Waals surface area contributed by atoms with E-state index < -0.39 is 5.54 Å². The number of methoxy groups -OCH3 is 1. The predicted molar refractivity (Wildman–Crippen MR) is 60.4 cm³/mol. The highest BCUT2D eigenvalue weighted by Gasteiger charge is 2.63. The average molecular weight is 238 g/mol. The third-order valence-corrected chi connectivity index (χ3v) is 3.82. The lowest BCUT2D eigenvalue weighted by Crippen LogP contribution is -2.43. The first-order valence-electron chi connectivity index (χ1n) is 5.29. The number of nitrogens with one attached hydrogen (secondary N) is 1. The van der Waals surface area contributed by atoms with Crippen molar-refractivity contribution in [2.45, 2.75) is 24.4 Å². The van der Waals surface area contributed by atoms with Gasteiger partial charge in [-0.1, -0.05) is 17.7 Å². The van der Waals surface area contributed by atoms with Crippen LogP contribution in [0.15, 0.2) is 18.2 Å². The van der Waals surface area contributed by atoms with Crippen molar-refractivity contribution in [2.75, 3.05) is 7.11 Å². The number of rotatable bonds is 1. The summed E-state index contributed by atoms with van der Waals surface area (Å²) in [5, 5.41) is 4.01. The van der Waals surface area contributed by atoms with Gasteiger partial charge >= 0.3 is 5.97 Å². The zero-order chi connectivity index (χ0) is 11.3. The maximum absolute atomic E-state index is 11.7. The van der Waals surface area contributed by atoms with Crippen LogP contribution in [-0.4, -0.2) is 18.6 Å². The Morgan fingerprint density at radius 3 is 3.19 bits per heavy atom. The molecule has 1 aromatic rings. The number of halogens is 1. The zero-order valence-electron chi connectivity index (χ0n) is 8.92. The van der Waals surface area contributed by atoms with E-state index in [0.29, 0.717) is 6.54 Å². The van der Waals surface area contributed by atoms with E-state index >= 15 is 0 Å². The highest BCUT2D eigenvalue weighted by atomic mass is 35.5. The number of carbonyl (C=O) groups excluding carboxylic acids is 1. The fraction of sp³-hybridized carbons (Fsp3) is 0.417. The molecule has 3 nitrogen and oxygen atoms in total. The van der Waals surface area contributed by atoms with Gasteiger partial charge in [-0.25, -0.2) is 0 Å². The number of hydrogen-bond acceptors (Lipinski definition) is 3. The molecule has 1 saturated carbocycles. The summed E-state index contributed by atoms with van der Waals surface area (Å²) in [5.74, 6) is 0.0607. The topological polar surface area (TPSA) is 38.3 Å². The lowest BCUT2D eigenvalue weighted by atomic mass is 9.96. The molecule has 0 radical (unpaired) electrons. The van der Waals surface area contributed by atoms with Crippen molar-refractivity contribution in [2.24, 2.45) is 0 Å². The summed E-state index contributed by atoms with van der Waals surface area (Å²) in [6.45, 7) is 0.706. The molecular formula is C12H12ClNO2. The minimum absolute atomic E-state index is 0.164. The summed E-state index contributed by atoms with van der Waals surface area (Å²) in [4.78, 5) is 11.7. The van der Waals surface area contributed by atoms with Crippen molar-refractivity contribution in [3.05, 3.63) is 34.3 Å². The predicted octanol–water partition coefficient (Wildman–Crippen LogP) is 1.84. The van der Waals surface area contributed by atoms with E-state index in [2.05, 4.69) is 5.32 Å². The summed E-state index contributed by atoms with van der Waals surface area (Å²) in [7, 11) is 1.43. The van der Waals surface area contributed by atoms with Gasteiger partial charge in [0.05, 0.1) is 7.11 Å². The monoisotopic (exact) mass is 237 g/mol. The Balaban J connectivity index is 2.00. The average Bonchev–Trinajstić information content (AvgIpc) is 3.04. The standard InChI is InChI=1S/C12H12ClNO2/c1-16-11(15)12-5-10(12)9-4-8(13)3-2-7(9)6-14-12/h2-4,10,14H,5-6H2,1H3/t10-,12-/m0/s1. The number of esters is 1. The normalized spacial score (nSPS) is 30.2. The van der Waals surface area contributed by atoms with Gasteiger partial charge < -0.3 is 4.74 Å². The van der Waals surface area contributed by atoms with Gasteiger partial charge in [-0.3, -0.25) is 10.1 Å². The molecule has 1 aromatic carbocycles. The van der Waals surface area contributed by atoms with E-state index in [4.69, 9.17) is 16.3 Å². The first kappa shape index (κ1) is 10.1. The van der Waals surface area contributed by atoms with Gasteiger partial charge in [0.2, 0.25) is 0 Å². The molecule has 1 N–H and O–H groups in total. The molecule has 0 aromatic heterocycles. The van der Waals surface area contributed by atoms with Crippen molar-refractivity contribution in [3.8, 4) is 0 Å². The molecule has 0 unspecified atom stereocenters. The van der Waals surface area contributed by atoms with E-state index in [1.54, 1.807) is 0 Å². The second-order valence-corrected chi connectivity index (χ2v) is 4.85. The maximum Gasteiger partial charge on any atom is 0.326 e. The largest absolute Gasteiger partial charge is 0.468 e. The van der Waals surface area contributed by atoms with Crippen molar-refractivity contribution in [3.63, 3.8) is 0 Å². The second-order valence-electron chi connectivity index (χ2n) is 4.42. The molecule has 0 amide bonds. The smallest absolute Gasteiger partial charge is 0.326 e. The van der Waals surface area contributed by atoms with E-state index in [9.17, 15) is 4.79 Å². The molecule has 1 aliphatic heterocycles. The van der Waals surface area contributed by atoms with Gasteiger partial charge in [0, 0.05) is 17.5 Å². The minimum atomic E-state index is -0.480. The van der Waals surface area contributed by atoms with Crippen LogP contribution < -0.4 is 5.32 Å². The van der Waals surface area contributed by atoms with Crippen LogP contribution in [0.25, 0.3) is 0 Å². The molecule has 1 heterocycles. The summed E-state index contributed by atoms with van der Waals surface area (Å²) < 4.78 is 4.85. The first-order valence-corrected chi connectivity index (χ1v) is 5.67. The molecular weight excluding hydrogens is 226 g/mol. The van der Waals surface area contributed by atoms with E-state index in [1.165, 1.54) is 18.2 Å². The van der Waals surface area contributed by atoms with E-state index in [1.807, 2.05) is 18.2 Å². The summed E-state index contributed by atoms with van der Waals surface area (Å²) in [6, 6.07) is 5.87. The van der Waals surface area contributed by atoms with Crippen LogP contribution in [0.5, 0.6) is 0 Å². The summed E-state index contributed by atoms with van der Waals surface area (Å²) >= 11 is 5.98. The molecule has 2 atom stereocenters. The van der Waals surface area contributed by atoms with Gasteiger partial charge in [-0.05, 0) is 29.7 Å². The number of benzene rings is 1. The number of carbonyl (C=O) groups is 1. The third kappa shape index (κ3) is 1.22. The molecule has 1 aliphatic carbocycles. The van der Waals surface area contributed by atoms with Gasteiger partial charge in [-0.15, -0.1) is 0 Å². The van der Waals surface area contributed by atoms with Crippen LogP contribution in [0.1, 0.15) is 23.5 Å². The molecule has 0 saturated heterocycles. The van der Waals surface area contributed by atoms with Crippen LogP contribution in [0.2, 0.25) is 5.02 Å². The highest BCUT2D eigenvalue weighted by Crippen LogP contribution is 2.55. The third-order valence-electron chi connectivity index (χ3n) is 3.59. The van der Waals surface area contributed by atoms with Crippen molar-refractivity contribution in [1.29, 1.82) is 0 Å². The molecule has 1 fully saturated rings. The molecule has 3 rings (SSSR count). The zero-order valence-corrected chi connectivity index (χ0v) is 9.67. The molecule has 84 valence electrons. The minimum Gasteiger partial charge on any atom is -0.468 e. The van der Waals surface area contributed by atoms with Crippen molar-refractivity contribution >= 4 is 17.6 Å². The number of ether oxygens (including phenoxy) is 1. The lowest BCUT2D eigenvalue weighted by Gasteiger charge is -2.24. The fourth-order valence-corrected chi connectivity index (χ4v) is 2.80. The fourth-order valence-electron chi connectivity index (χ4n) is 2.62. The Bertz CT molecular complexity index is 474. The van der Waals surface area contributed by atoms with Crippen LogP contribution in [0, 0.1) is 0 Å². The highest BCUT2D eigenvalue weighted by molar-refractivity contribution is 6.30. The number of hydrogen-bond donors (Lipinski definition) is 1. The SMILES string of the molecule is COC(=O)[C@]12C[C@H]1c1cc(Cl)ccc1CN2. The Morgan fingerprint density at radius 1 is 1.62 bits per heavy atom. The van der Waals surface area contributed by atoms with E-state index in [0.717, 1.165) is 11.4 Å². The molecule has 2 aliphatic rings. The van der Waals surface area contributed by atoms with Gasteiger partial charge in [0.1, 0.15) is 5.54 Å². The Hall–Kier alpha value is -1.06. The molecule has 16 heavy (non-hydrogen) atoms. The lowest BCUT2D eigenvalue weighted by molar-refractivity contribution is -0.144. The van der Waals surface area contributed by atoms with Crippen molar-refractivity contribution < 1.29 is 9.53 Å². The quantitative estimate of drug-likeness (QED) is 0.758.